The van der Waals surface area contributed by atoms with E-state index in [1.165, 1.54) is 24.5 Å². The molecule has 0 bridgehead atoms. The summed E-state index contributed by atoms with van der Waals surface area (Å²) in [7, 11) is 0. The minimum atomic E-state index is -0.995. The van der Waals surface area contributed by atoms with E-state index in [2.05, 4.69) is 5.10 Å². The Hall–Kier alpha value is -2.70. The maximum Gasteiger partial charge on any atom is 0.338 e. The predicted octanol–water partition coefficient (Wildman–Crippen LogP) is 2.86. The van der Waals surface area contributed by atoms with Crippen molar-refractivity contribution in [2.24, 2.45) is 0 Å². The van der Waals surface area contributed by atoms with Crippen LogP contribution < -0.4 is 0 Å². The van der Waals surface area contributed by atoms with Crippen LogP contribution in [0.5, 0.6) is 0 Å². The van der Waals surface area contributed by atoms with Crippen molar-refractivity contribution in [3.63, 3.8) is 0 Å². The van der Waals surface area contributed by atoms with Gasteiger partial charge in [-0.1, -0.05) is 12.1 Å². The van der Waals surface area contributed by atoms with Gasteiger partial charge in [-0.2, -0.15) is 5.10 Å². The summed E-state index contributed by atoms with van der Waals surface area (Å²) >= 11 is 0. The number of halogens is 1. The molecule has 0 unspecified atom stereocenters. The lowest BCUT2D eigenvalue weighted by Crippen LogP contribution is -2.47. The summed E-state index contributed by atoms with van der Waals surface area (Å²) in [5.41, 5.74) is 0.216. The number of hydrogen-bond acceptors (Lipinski definition) is 3. The van der Waals surface area contributed by atoms with Crippen molar-refractivity contribution in [3.8, 4) is 0 Å². The highest BCUT2D eigenvalue weighted by Crippen LogP contribution is 2.29. The van der Waals surface area contributed by atoms with E-state index in [1.54, 1.807) is 16.8 Å². The second-order valence-corrected chi connectivity index (χ2v) is 7.17. The zero-order valence-electron chi connectivity index (χ0n) is 14.9. The molecule has 0 spiro atoms. The number of benzene rings is 1. The Labute approximate surface area is 151 Å². The van der Waals surface area contributed by atoms with Gasteiger partial charge in [-0.25, -0.2) is 9.18 Å². The van der Waals surface area contributed by atoms with E-state index in [0.717, 1.165) is 5.56 Å². The van der Waals surface area contributed by atoms with Crippen molar-refractivity contribution in [2.45, 2.75) is 38.1 Å². The average molecular weight is 359 g/mol. The van der Waals surface area contributed by atoms with E-state index < -0.39 is 11.4 Å². The molecule has 7 heteroatoms. The molecule has 1 aliphatic heterocycles. The molecular weight excluding hydrogens is 337 g/mol. The Kier molecular flexibility index (Phi) is 4.80. The third kappa shape index (κ3) is 3.47. The molecule has 3 rings (SSSR count). The number of aromatic carboxylic acids is 1. The maximum absolute atomic E-state index is 13.1. The smallest absolute Gasteiger partial charge is 0.338 e. The van der Waals surface area contributed by atoms with Crippen LogP contribution in [0.3, 0.4) is 0 Å². The van der Waals surface area contributed by atoms with Crippen molar-refractivity contribution in [1.29, 1.82) is 0 Å². The topological polar surface area (TPSA) is 75.4 Å². The molecule has 0 atom stereocenters. The van der Waals surface area contributed by atoms with Gasteiger partial charge in [-0.15, -0.1) is 0 Å². The first-order valence-corrected chi connectivity index (χ1v) is 8.62. The number of hydrogen-bond donors (Lipinski definition) is 1. The van der Waals surface area contributed by atoms with Gasteiger partial charge >= 0.3 is 5.97 Å². The highest BCUT2D eigenvalue weighted by molar-refractivity contribution is 5.87. The average Bonchev–Trinajstić information content (AvgIpc) is 3.12. The Morgan fingerprint density at radius 1 is 1.19 bits per heavy atom. The molecule has 0 saturated carbocycles. The molecule has 6 nitrogen and oxygen atoms in total. The molecule has 1 saturated heterocycles. The number of carboxylic acid groups (broad SMARTS) is 1. The lowest BCUT2D eigenvalue weighted by Gasteiger charge is -2.37. The first kappa shape index (κ1) is 18.1. The lowest BCUT2D eigenvalue weighted by molar-refractivity contribution is -0.137. The van der Waals surface area contributed by atoms with Crippen molar-refractivity contribution in [2.75, 3.05) is 13.1 Å². The van der Waals surface area contributed by atoms with Gasteiger partial charge in [0.2, 0.25) is 5.91 Å². The number of carbonyl (C=O) groups excluding carboxylic acids is 1. The van der Waals surface area contributed by atoms with Gasteiger partial charge in [-0.05, 0) is 44.4 Å². The van der Waals surface area contributed by atoms with Crippen molar-refractivity contribution in [1.82, 2.24) is 14.7 Å². The molecule has 2 heterocycles. The summed E-state index contributed by atoms with van der Waals surface area (Å²) in [5.74, 6) is -1.31. The van der Waals surface area contributed by atoms with E-state index >= 15 is 0 Å². The third-order valence-electron chi connectivity index (χ3n) is 5.07. The predicted molar refractivity (Wildman–Crippen MR) is 93.5 cm³/mol. The van der Waals surface area contributed by atoms with Gasteiger partial charge in [0.25, 0.3) is 0 Å². The molecule has 1 fully saturated rings. The molecule has 1 N–H and O–H groups in total. The molecule has 2 aromatic rings. The zero-order chi connectivity index (χ0) is 18.9. The van der Waals surface area contributed by atoms with Crippen LogP contribution in [0.25, 0.3) is 0 Å². The second kappa shape index (κ2) is 6.90. The van der Waals surface area contributed by atoms with Crippen LogP contribution in [0.4, 0.5) is 4.39 Å². The number of nitrogens with zero attached hydrogens (tertiary/aromatic N) is 3. The first-order valence-electron chi connectivity index (χ1n) is 8.62. The highest BCUT2D eigenvalue weighted by atomic mass is 19.1. The zero-order valence-corrected chi connectivity index (χ0v) is 14.9. The van der Waals surface area contributed by atoms with Crippen LogP contribution in [-0.2, 0) is 10.2 Å². The lowest BCUT2D eigenvalue weighted by atomic mass is 9.82. The minimum absolute atomic E-state index is 0.00856. The van der Waals surface area contributed by atoms with Crippen LogP contribution >= 0.6 is 0 Å². The molecule has 138 valence electrons. The van der Waals surface area contributed by atoms with Gasteiger partial charge in [0.05, 0.1) is 23.2 Å². The van der Waals surface area contributed by atoms with Crippen LogP contribution in [-0.4, -0.2) is 44.8 Å². The van der Waals surface area contributed by atoms with Crippen LogP contribution in [0.1, 0.15) is 48.7 Å². The highest BCUT2D eigenvalue weighted by Gasteiger charge is 2.35. The van der Waals surface area contributed by atoms with Crippen LogP contribution in [0.2, 0.25) is 0 Å². The van der Waals surface area contributed by atoms with E-state index in [4.69, 9.17) is 5.11 Å². The van der Waals surface area contributed by atoms with Gasteiger partial charge in [0.1, 0.15) is 5.82 Å². The molecule has 1 aromatic carbocycles. The standard InChI is InChI=1S/C19H22FN3O3/c1-19(2,14-3-5-15(20)6-4-14)18(26)22-9-7-16(8-10-22)23-12-13(11-21-23)17(24)25/h3-6,11-12,16H,7-10H2,1-2H3,(H,24,25). The Bertz CT molecular complexity index is 806. The monoisotopic (exact) mass is 359 g/mol. The fourth-order valence-corrected chi connectivity index (χ4v) is 3.37. The molecule has 26 heavy (non-hydrogen) atoms. The van der Waals surface area contributed by atoms with E-state index in [1.807, 2.05) is 18.7 Å². The van der Waals surface area contributed by atoms with Gasteiger partial charge in [0.15, 0.2) is 0 Å². The summed E-state index contributed by atoms with van der Waals surface area (Å²) < 4.78 is 14.8. The maximum atomic E-state index is 13.1. The van der Waals surface area contributed by atoms with E-state index in [9.17, 15) is 14.0 Å². The number of carbonyl (C=O) groups is 2. The molecule has 1 aromatic heterocycles. The fraction of sp³-hybridized carbons (Fsp3) is 0.421. The third-order valence-corrected chi connectivity index (χ3v) is 5.07. The van der Waals surface area contributed by atoms with Gasteiger partial charge < -0.3 is 10.0 Å². The van der Waals surface area contributed by atoms with Gasteiger partial charge in [-0.3, -0.25) is 9.48 Å². The van der Waals surface area contributed by atoms with Crippen molar-refractivity contribution in [3.05, 3.63) is 53.6 Å². The molecular formula is C19H22FN3O3. The van der Waals surface area contributed by atoms with Gasteiger partial charge in [0, 0.05) is 19.3 Å². The largest absolute Gasteiger partial charge is 0.478 e. The number of carboxylic acids is 1. The number of piperidine rings is 1. The second-order valence-electron chi connectivity index (χ2n) is 7.17. The molecule has 1 aliphatic rings. The summed E-state index contributed by atoms with van der Waals surface area (Å²) in [6.07, 6.45) is 4.31. The molecule has 0 aliphatic carbocycles. The summed E-state index contributed by atoms with van der Waals surface area (Å²) in [5, 5.41) is 13.1. The normalized spacial score (nSPS) is 15.9. The SMILES string of the molecule is CC(C)(C(=O)N1CCC(n2cc(C(=O)O)cn2)CC1)c1ccc(F)cc1. The molecule has 0 radical (unpaired) electrons. The Morgan fingerprint density at radius 3 is 2.35 bits per heavy atom. The van der Waals surface area contributed by atoms with E-state index in [-0.39, 0.29) is 23.3 Å². The van der Waals surface area contributed by atoms with Crippen molar-refractivity contribution < 1.29 is 19.1 Å². The minimum Gasteiger partial charge on any atom is -0.478 e. The Morgan fingerprint density at radius 2 is 1.81 bits per heavy atom. The molecule has 1 amide bonds. The van der Waals surface area contributed by atoms with Crippen molar-refractivity contribution >= 4 is 11.9 Å². The summed E-state index contributed by atoms with van der Waals surface area (Å²) in [6.45, 7) is 4.86. The number of likely N-dealkylation sites (tertiary alicyclic amines) is 1. The fourth-order valence-electron chi connectivity index (χ4n) is 3.37. The van der Waals surface area contributed by atoms with Crippen LogP contribution in [0, 0.1) is 5.82 Å². The first-order chi connectivity index (χ1) is 12.3. The van der Waals surface area contributed by atoms with Crippen LogP contribution in [0.15, 0.2) is 36.7 Å². The number of rotatable bonds is 4. The summed E-state index contributed by atoms with van der Waals surface area (Å²) in [6, 6.07) is 6.12. The number of aromatic nitrogens is 2. The quantitative estimate of drug-likeness (QED) is 0.911. The number of amides is 1. The Balaban J connectivity index is 1.65. The van der Waals surface area contributed by atoms with E-state index in [0.29, 0.717) is 25.9 Å². The summed E-state index contributed by atoms with van der Waals surface area (Å²) in [4.78, 5) is 25.8.